The number of rotatable bonds is 4. The fourth-order valence-corrected chi connectivity index (χ4v) is 5.07. The summed E-state index contributed by atoms with van der Waals surface area (Å²) in [5, 5.41) is -0.488. The van der Waals surface area contributed by atoms with Gasteiger partial charge >= 0.3 is 0 Å². The minimum atomic E-state index is -0.488. The maximum Gasteiger partial charge on any atom is 0.142 e. The van der Waals surface area contributed by atoms with Crippen LogP contribution in [0.15, 0.2) is 30.3 Å². The van der Waals surface area contributed by atoms with E-state index in [-0.39, 0.29) is 10.8 Å². The molecular formula is C27H37B2N. The molecule has 0 saturated heterocycles. The third kappa shape index (κ3) is 4.71. The average molecular weight is 397 g/mol. The molecule has 156 valence electrons. The highest BCUT2D eigenvalue weighted by Gasteiger charge is 2.37. The summed E-state index contributed by atoms with van der Waals surface area (Å²) in [4.78, 5) is 4.89. The van der Waals surface area contributed by atoms with Crippen molar-refractivity contribution in [2.75, 3.05) is 0 Å². The number of hydrogen-bond acceptors (Lipinski definition) is 1. The maximum absolute atomic E-state index is 6.70. The Morgan fingerprint density at radius 1 is 0.867 bits per heavy atom. The summed E-state index contributed by atoms with van der Waals surface area (Å²) in [7, 11) is 13.4. The molecule has 4 radical (unpaired) electrons. The Kier molecular flexibility index (Phi) is 6.34. The second-order valence-corrected chi connectivity index (χ2v) is 11.4. The van der Waals surface area contributed by atoms with Crippen molar-refractivity contribution in [3.63, 3.8) is 0 Å². The van der Waals surface area contributed by atoms with Gasteiger partial charge in [0.1, 0.15) is 7.85 Å². The number of nitrogens with zero attached hydrogens (tertiary/aromatic N) is 1. The highest BCUT2D eigenvalue weighted by atomic mass is 14.7. The number of aromatic nitrogens is 1. The van der Waals surface area contributed by atoms with E-state index in [9.17, 15) is 0 Å². The first kappa shape index (κ1) is 23.2. The molecule has 1 aromatic heterocycles. The van der Waals surface area contributed by atoms with Gasteiger partial charge < -0.3 is 0 Å². The molecule has 0 N–H and O–H groups in total. The molecule has 1 aliphatic rings. The van der Waals surface area contributed by atoms with Gasteiger partial charge in [0.25, 0.3) is 0 Å². The molecule has 1 saturated carbocycles. The fraction of sp³-hybridized carbons (Fsp3) is 0.593. The first-order valence-corrected chi connectivity index (χ1v) is 11.5. The lowest BCUT2D eigenvalue weighted by molar-refractivity contribution is 0.235. The van der Waals surface area contributed by atoms with Gasteiger partial charge in [-0.1, -0.05) is 92.0 Å². The zero-order valence-electron chi connectivity index (χ0n) is 20.1. The molecule has 0 atom stereocenters. The van der Waals surface area contributed by atoms with E-state index >= 15 is 0 Å². The third-order valence-corrected chi connectivity index (χ3v) is 7.06. The van der Waals surface area contributed by atoms with Gasteiger partial charge in [0.05, 0.1) is 13.5 Å². The van der Waals surface area contributed by atoms with Crippen molar-refractivity contribution in [3.8, 4) is 11.3 Å². The second-order valence-electron chi connectivity index (χ2n) is 11.4. The highest BCUT2D eigenvalue weighted by Crippen LogP contribution is 2.43. The monoisotopic (exact) mass is 397 g/mol. The predicted octanol–water partition coefficient (Wildman–Crippen LogP) is 6.10. The molecule has 0 aliphatic heterocycles. The second kappa shape index (κ2) is 8.21. The van der Waals surface area contributed by atoms with Crippen LogP contribution in [0.2, 0.25) is 0 Å². The lowest BCUT2D eigenvalue weighted by Crippen LogP contribution is -2.40. The summed E-state index contributed by atoms with van der Waals surface area (Å²) in [6, 6.07) is 10.9. The van der Waals surface area contributed by atoms with Crippen molar-refractivity contribution in [3.05, 3.63) is 47.0 Å². The Morgan fingerprint density at radius 3 is 1.93 bits per heavy atom. The van der Waals surface area contributed by atoms with E-state index in [1.54, 1.807) is 0 Å². The summed E-state index contributed by atoms with van der Waals surface area (Å²) in [6.07, 6.45) is 6.47. The molecule has 1 aromatic carbocycles. The Bertz CT molecular complexity index is 877. The van der Waals surface area contributed by atoms with Crippen LogP contribution >= 0.6 is 0 Å². The fourth-order valence-electron chi connectivity index (χ4n) is 5.07. The molecule has 0 unspecified atom stereocenters. The topological polar surface area (TPSA) is 12.9 Å². The van der Waals surface area contributed by atoms with Crippen molar-refractivity contribution in [2.45, 2.75) is 96.7 Å². The molecular weight excluding hydrogens is 360 g/mol. The normalized spacial score (nSPS) is 16.6. The summed E-state index contributed by atoms with van der Waals surface area (Å²) < 4.78 is 0. The van der Waals surface area contributed by atoms with Gasteiger partial charge in [-0.3, -0.25) is 4.98 Å². The lowest BCUT2D eigenvalue weighted by atomic mass is 9.58. The lowest BCUT2D eigenvalue weighted by Gasteiger charge is -2.42. The van der Waals surface area contributed by atoms with Crippen molar-refractivity contribution in [1.82, 2.24) is 4.98 Å². The molecule has 0 spiro atoms. The van der Waals surface area contributed by atoms with Gasteiger partial charge in [0, 0.05) is 5.56 Å². The van der Waals surface area contributed by atoms with Crippen molar-refractivity contribution >= 4 is 21.3 Å². The third-order valence-electron chi connectivity index (χ3n) is 7.06. The van der Waals surface area contributed by atoms with Gasteiger partial charge in [-0.15, -0.1) is 0 Å². The van der Waals surface area contributed by atoms with Gasteiger partial charge in [-0.2, -0.15) is 0 Å². The zero-order valence-corrected chi connectivity index (χ0v) is 20.1. The summed E-state index contributed by atoms with van der Waals surface area (Å²) in [5.74, 6) is 0.619. The smallest absolute Gasteiger partial charge is 0.142 e. The van der Waals surface area contributed by atoms with E-state index in [0.29, 0.717) is 11.5 Å². The summed E-state index contributed by atoms with van der Waals surface area (Å²) in [6.45, 7) is 15.5. The van der Waals surface area contributed by atoms with Crippen molar-refractivity contribution < 1.29 is 0 Å². The largest absolute Gasteiger partial charge is 0.264 e. The number of pyridine rings is 1. The molecule has 1 fully saturated rings. The van der Waals surface area contributed by atoms with Crippen LogP contribution in [-0.4, -0.2) is 20.7 Å². The molecule has 1 heterocycles. The molecule has 1 nitrogen and oxygen atoms in total. The van der Waals surface area contributed by atoms with E-state index < -0.39 is 5.31 Å². The molecule has 3 rings (SSSR count). The Morgan fingerprint density at radius 2 is 1.43 bits per heavy atom. The molecule has 0 bridgehead atoms. The van der Waals surface area contributed by atoms with Crippen LogP contribution in [0, 0.1) is 5.92 Å². The minimum Gasteiger partial charge on any atom is -0.264 e. The van der Waals surface area contributed by atoms with E-state index in [4.69, 9.17) is 20.7 Å². The van der Waals surface area contributed by atoms with Crippen LogP contribution in [0.1, 0.15) is 97.3 Å². The van der Waals surface area contributed by atoms with E-state index in [2.05, 4.69) is 78.8 Å². The zero-order chi connectivity index (χ0) is 22.3. The van der Waals surface area contributed by atoms with Crippen molar-refractivity contribution in [1.29, 1.82) is 0 Å². The number of hydrogen-bond donors (Lipinski definition) is 0. The van der Waals surface area contributed by atoms with Crippen LogP contribution in [0.3, 0.4) is 0 Å². The Labute approximate surface area is 187 Å². The molecule has 0 amide bonds. The van der Waals surface area contributed by atoms with Crippen LogP contribution in [-0.2, 0) is 16.1 Å². The first-order chi connectivity index (χ1) is 13.8. The Hall–Kier alpha value is -1.50. The minimum absolute atomic E-state index is 0.0436. The van der Waals surface area contributed by atoms with Crippen LogP contribution in [0.4, 0.5) is 0 Å². The molecule has 3 heteroatoms. The van der Waals surface area contributed by atoms with E-state index in [1.807, 2.05) is 0 Å². The molecule has 30 heavy (non-hydrogen) atoms. The van der Waals surface area contributed by atoms with Crippen LogP contribution < -0.4 is 5.59 Å². The van der Waals surface area contributed by atoms with E-state index in [1.165, 1.54) is 37.7 Å². The quantitative estimate of drug-likeness (QED) is 0.568. The standard InChI is InChI=1S/C27H37B2N/c1-25(2,3)19-15-13-18(14-16-19)22-17-21(27(6,7)29)23(24(28)30-22)26(4,5)20-11-9-8-10-12-20/h13-17,20H,8-12H2,1-7H3. The summed E-state index contributed by atoms with van der Waals surface area (Å²) in [5.41, 5.74) is 6.30. The summed E-state index contributed by atoms with van der Waals surface area (Å²) >= 11 is 0. The molecule has 2 aromatic rings. The maximum atomic E-state index is 6.70. The van der Waals surface area contributed by atoms with Gasteiger partial charge in [-0.05, 0) is 63.3 Å². The first-order valence-electron chi connectivity index (χ1n) is 11.5. The number of benzene rings is 1. The van der Waals surface area contributed by atoms with Gasteiger partial charge in [0.15, 0.2) is 0 Å². The average Bonchev–Trinajstić information content (AvgIpc) is 2.66. The highest BCUT2D eigenvalue weighted by molar-refractivity contribution is 6.32. The van der Waals surface area contributed by atoms with Crippen LogP contribution in [0.25, 0.3) is 11.3 Å². The van der Waals surface area contributed by atoms with E-state index in [0.717, 1.165) is 22.4 Å². The molecule has 1 aliphatic carbocycles. The van der Waals surface area contributed by atoms with Crippen LogP contribution in [0.5, 0.6) is 0 Å². The van der Waals surface area contributed by atoms with Crippen molar-refractivity contribution in [2.24, 2.45) is 5.92 Å². The predicted molar refractivity (Wildman–Crippen MR) is 132 cm³/mol. The SMILES string of the molecule is [B]c1nc(-c2ccc(C(C)(C)C)cc2)cc(C([B])(C)C)c1C(C)(C)C1CCCCC1. The Balaban J connectivity index is 2.10. The van der Waals surface area contributed by atoms with Gasteiger partial charge in [-0.25, -0.2) is 0 Å². The van der Waals surface area contributed by atoms with Gasteiger partial charge in [0.2, 0.25) is 0 Å².